The molecular formula is C13H20N2O3S. The van der Waals surface area contributed by atoms with E-state index in [1.54, 1.807) is 18.8 Å². The Morgan fingerprint density at radius 3 is 3.05 bits per heavy atom. The van der Waals surface area contributed by atoms with Gasteiger partial charge in [-0.1, -0.05) is 5.16 Å². The minimum absolute atomic E-state index is 0.259. The zero-order valence-corrected chi connectivity index (χ0v) is 12.2. The second-order valence-corrected chi connectivity index (χ2v) is 5.97. The highest BCUT2D eigenvalue weighted by atomic mass is 32.2. The van der Waals surface area contributed by atoms with Crippen LogP contribution in [0.1, 0.15) is 36.6 Å². The maximum atomic E-state index is 11.9. The third-order valence-electron chi connectivity index (χ3n) is 3.21. The molecule has 1 aliphatic carbocycles. The number of hydrogen-bond donors (Lipinski definition) is 1. The molecule has 0 saturated heterocycles. The molecule has 0 radical (unpaired) electrons. The Bertz CT molecular complexity index is 431. The number of thioether (sulfide) groups is 1. The van der Waals surface area contributed by atoms with Crippen LogP contribution in [0.3, 0.4) is 0 Å². The fraction of sp³-hybridized carbons (Fsp3) is 0.692. The lowest BCUT2D eigenvalue weighted by Crippen LogP contribution is -2.36. The first kappa shape index (κ1) is 14.4. The number of aliphatic hydroxyl groups is 1. The van der Waals surface area contributed by atoms with E-state index >= 15 is 0 Å². The van der Waals surface area contributed by atoms with Crippen molar-refractivity contribution in [1.29, 1.82) is 0 Å². The molecule has 1 aromatic rings. The number of amides is 1. The molecule has 1 amide bonds. The molecule has 6 heteroatoms. The Labute approximate surface area is 117 Å². The van der Waals surface area contributed by atoms with Crippen molar-refractivity contribution >= 4 is 17.7 Å². The normalized spacial score (nSPS) is 16.4. The minimum Gasteiger partial charge on any atom is -0.383 e. The molecule has 1 fully saturated rings. The quantitative estimate of drug-likeness (QED) is 0.824. The van der Waals surface area contributed by atoms with Crippen molar-refractivity contribution in [3.05, 3.63) is 17.5 Å². The predicted molar refractivity (Wildman–Crippen MR) is 74.0 cm³/mol. The highest BCUT2D eigenvalue weighted by Gasteiger charge is 2.28. The molecule has 1 aromatic heterocycles. The maximum absolute atomic E-state index is 11.9. The molecule has 106 valence electrons. The molecular weight excluding hydrogens is 264 g/mol. The van der Waals surface area contributed by atoms with Gasteiger partial charge in [0.2, 0.25) is 0 Å². The lowest BCUT2D eigenvalue weighted by atomic mass is 10.2. The van der Waals surface area contributed by atoms with Gasteiger partial charge in [0.05, 0.1) is 6.54 Å². The van der Waals surface area contributed by atoms with E-state index in [1.807, 2.05) is 12.3 Å². The van der Waals surface area contributed by atoms with E-state index in [2.05, 4.69) is 5.16 Å². The first-order valence-electron chi connectivity index (χ1n) is 6.49. The molecule has 0 spiro atoms. The van der Waals surface area contributed by atoms with Gasteiger partial charge in [-0.15, -0.1) is 0 Å². The minimum atomic E-state index is -0.924. The predicted octanol–water partition coefficient (Wildman–Crippen LogP) is 1.62. The van der Waals surface area contributed by atoms with E-state index < -0.39 is 6.10 Å². The molecule has 2 rings (SSSR count). The second-order valence-electron chi connectivity index (χ2n) is 4.99. The molecule has 5 nitrogen and oxygen atoms in total. The van der Waals surface area contributed by atoms with Crippen molar-refractivity contribution in [2.75, 3.05) is 19.1 Å². The van der Waals surface area contributed by atoms with E-state index in [9.17, 15) is 9.90 Å². The first-order valence-corrected chi connectivity index (χ1v) is 7.88. The van der Waals surface area contributed by atoms with Gasteiger partial charge < -0.3 is 14.5 Å². The van der Waals surface area contributed by atoms with Gasteiger partial charge in [0, 0.05) is 19.0 Å². The van der Waals surface area contributed by atoms with E-state index in [0.717, 1.165) is 30.0 Å². The number of nitrogens with zero attached hydrogens (tertiary/aromatic N) is 2. The zero-order chi connectivity index (χ0) is 13.8. The largest absolute Gasteiger partial charge is 0.383 e. The summed E-state index contributed by atoms with van der Waals surface area (Å²) in [5.74, 6) is 1.95. The summed E-state index contributed by atoms with van der Waals surface area (Å²) < 4.78 is 5.24. The van der Waals surface area contributed by atoms with Crippen molar-refractivity contribution < 1.29 is 14.4 Å². The van der Waals surface area contributed by atoms with Gasteiger partial charge in [-0.2, -0.15) is 11.8 Å². The fourth-order valence-electron chi connectivity index (χ4n) is 1.89. The number of hydrogen-bond acceptors (Lipinski definition) is 5. The van der Waals surface area contributed by atoms with Crippen LogP contribution in [0.2, 0.25) is 0 Å². The summed E-state index contributed by atoms with van der Waals surface area (Å²) in [6, 6.07) is 1.91. The van der Waals surface area contributed by atoms with Crippen LogP contribution >= 0.6 is 11.8 Å². The Hall–Kier alpha value is -1.01. The lowest BCUT2D eigenvalue weighted by molar-refractivity contribution is -0.139. The SMILES string of the molecule is CSCCC(O)C(=O)N(C)Cc1cc(C2CC2)on1. The Kier molecular flexibility index (Phi) is 4.87. The van der Waals surface area contributed by atoms with Gasteiger partial charge in [0.15, 0.2) is 0 Å². The summed E-state index contributed by atoms with van der Waals surface area (Å²) in [7, 11) is 1.68. The molecule has 1 unspecified atom stereocenters. The van der Waals surface area contributed by atoms with Crippen LogP contribution in [0.5, 0.6) is 0 Å². The number of likely N-dealkylation sites (N-methyl/N-ethyl adjacent to an activating group) is 1. The number of aliphatic hydroxyl groups excluding tert-OH is 1. The average molecular weight is 284 g/mol. The van der Waals surface area contributed by atoms with Gasteiger partial charge in [0.25, 0.3) is 5.91 Å². The monoisotopic (exact) mass is 284 g/mol. The van der Waals surface area contributed by atoms with Crippen LogP contribution in [0, 0.1) is 0 Å². The Balaban J connectivity index is 1.84. The van der Waals surface area contributed by atoms with Gasteiger partial charge in [-0.3, -0.25) is 4.79 Å². The van der Waals surface area contributed by atoms with Crippen LogP contribution in [-0.4, -0.2) is 46.2 Å². The second kappa shape index (κ2) is 6.43. The highest BCUT2D eigenvalue weighted by molar-refractivity contribution is 7.98. The van der Waals surface area contributed by atoms with Crippen LogP contribution < -0.4 is 0 Å². The molecule has 1 aliphatic rings. The van der Waals surface area contributed by atoms with E-state index in [4.69, 9.17) is 4.52 Å². The highest BCUT2D eigenvalue weighted by Crippen LogP contribution is 2.40. The molecule has 19 heavy (non-hydrogen) atoms. The molecule has 0 aliphatic heterocycles. The summed E-state index contributed by atoms with van der Waals surface area (Å²) in [5.41, 5.74) is 0.745. The standard InChI is InChI=1S/C13H20N2O3S/c1-15(13(17)11(16)5-6-19-2)8-10-7-12(18-14-10)9-3-4-9/h7,9,11,16H,3-6,8H2,1-2H3. The maximum Gasteiger partial charge on any atom is 0.251 e. The summed E-state index contributed by atoms with van der Waals surface area (Å²) in [6.07, 6.45) is 3.84. The summed E-state index contributed by atoms with van der Waals surface area (Å²) in [4.78, 5) is 13.4. The molecule has 1 atom stereocenters. The first-order chi connectivity index (χ1) is 9.11. The van der Waals surface area contributed by atoms with E-state index in [1.165, 1.54) is 4.90 Å². The van der Waals surface area contributed by atoms with Crippen LogP contribution in [0.4, 0.5) is 0 Å². The van der Waals surface area contributed by atoms with E-state index in [0.29, 0.717) is 18.9 Å². The summed E-state index contributed by atoms with van der Waals surface area (Å²) in [6.45, 7) is 0.380. The summed E-state index contributed by atoms with van der Waals surface area (Å²) >= 11 is 1.62. The van der Waals surface area contributed by atoms with Crippen molar-refractivity contribution in [1.82, 2.24) is 10.1 Å². The molecule has 0 bridgehead atoms. The molecule has 0 aromatic carbocycles. The van der Waals surface area contributed by atoms with Crippen molar-refractivity contribution in [3.8, 4) is 0 Å². The number of carbonyl (C=O) groups excluding carboxylic acids is 1. The topological polar surface area (TPSA) is 66.6 Å². The van der Waals surface area contributed by atoms with Gasteiger partial charge >= 0.3 is 0 Å². The van der Waals surface area contributed by atoms with Crippen LogP contribution in [0.25, 0.3) is 0 Å². The lowest BCUT2D eigenvalue weighted by Gasteiger charge is -2.19. The zero-order valence-electron chi connectivity index (χ0n) is 11.3. The summed E-state index contributed by atoms with van der Waals surface area (Å²) in [5, 5.41) is 13.7. The smallest absolute Gasteiger partial charge is 0.251 e. The van der Waals surface area contributed by atoms with Crippen molar-refractivity contribution in [2.45, 2.75) is 37.8 Å². The van der Waals surface area contributed by atoms with Gasteiger partial charge in [0.1, 0.15) is 17.6 Å². The van der Waals surface area contributed by atoms with Crippen molar-refractivity contribution in [2.24, 2.45) is 0 Å². The number of aromatic nitrogens is 1. The molecule has 1 N–H and O–H groups in total. The Morgan fingerprint density at radius 2 is 2.42 bits per heavy atom. The van der Waals surface area contributed by atoms with Crippen molar-refractivity contribution in [3.63, 3.8) is 0 Å². The van der Waals surface area contributed by atoms with Crippen LogP contribution in [0.15, 0.2) is 10.6 Å². The van der Waals surface area contributed by atoms with Crippen LogP contribution in [-0.2, 0) is 11.3 Å². The van der Waals surface area contributed by atoms with Gasteiger partial charge in [-0.05, 0) is 31.3 Å². The third kappa shape index (κ3) is 3.98. The Morgan fingerprint density at radius 1 is 1.68 bits per heavy atom. The van der Waals surface area contributed by atoms with Gasteiger partial charge in [-0.25, -0.2) is 0 Å². The molecule has 1 heterocycles. The molecule has 1 saturated carbocycles. The average Bonchev–Trinajstić information content (AvgIpc) is 3.16. The third-order valence-corrected chi connectivity index (χ3v) is 3.86. The number of rotatable bonds is 7. The number of carbonyl (C=O) groups is 1. The van der Waals surface area contributed by atoms with E-state index in [-0.39, 0.29) is 5.91 Å². The fourth-order valence-corrected chi connectivity index (χ4v) is 2.35.